The minimum absolute atomic E-state index is 0.0444. The van der Waals surface area contributed by atoms with Crippen LogP contribution in [0.5, 0.6) is 0 Å². The molecule has 0 spiro atoms. The third kappa shape index (κ3) is 4.87. The molecule has 1 aromatic carbocycles. The Hall–Kier alpha value is -2.52. The number of carbonyl (C=O) groups is 3. The van der Waals surface area contributed by atoms with Gasteiger partial charge in [0.25, 0.3) is 5.91 Å². The number of amides is 2. The van der Waals surface area contributed by atoms with Crippen molar-refractivity contribution in [1.29, 1.82) is 0 Å². The maximum absolute atomic E-state index is 13.3. The van der Waals surface area contributed by atoms with Gasteiger partial charge in [-0.25, -0.2) is 4.79 Å². The smallest absolute Gasteiger partial charge is 0.338 e. The molecule has 4 aliphatic rings. The van der Waals surface area contributed by atoms with E-state index in [4.69, 9.17) is 17.0 Å². The van der Waals surface area contributed by atoms with Crippen molar-refractivity contribution in [3.05, 3.63) is 29.3 Å². The molecule has 0 bridgehead atoms. The number of carbonyl (C=O) groups excluding carboxylic acids is 3. The van der Waals surface area contributed by atoms with Crippen LogP contribution < -0.4 is 4.90 Å². The zero-order chi connectivity index (χ0) is 25.4. The van der Waals surface area contributed by atoms with Crippen molar-refractivity contribution in [2.24, 2.45) is 5.92 Å². The van der Waals surface area contributed by atoms with Crippen molar-refractivity contribution in [3.8, 4) is 0 Å². The summed E-state index contributed by atoms with van der Waals surface area (Å²) in [5, 5.41) is 0.522. The van der Waals surface area contributed by atoms with Crippen molar-refractivity contribution in [2.75, 3.05) is 44.2 Å². The lowest BCUT2D eigenvalue weighted by Gasteiger charge is -2.35. The van der Waals surface area contributed by atoms with Gasteiger partial charge in [0.2, 0.25) is 5.91 Å². The Morgan fingerprint density at radius 3 is 2.42 bits per heavy atom. The van der Waals surface area contributed by atoms with Crippen LogP contribution in [-0.2, 0) is 20.9 Å². The van der Waals surface area contributed by atoms with Gasteiger partial charge in [0.05, 0.1) is 11.3 Å². The third-order valence-electron chi connectivity index (χ3n) is 7.97. The molecule has 3 aliphatic heterocycles. The van der Waals surface area contributed by atoms with Crippen LogP contribution >= 0.6 is 12.2 Å². The molecule has 8 nitrogen and oxygen atoms in total. The van der Waals surface area contributed by atoms with Crippen LogP contribution in [-0.4, -0.2) is 82.4 Å². The SMILES string of the molecule is CC1(C)C(=O)N(c2ccc3c(c2)COC3=O)C(=S)N1CCCCCCN1CCN(C(=O)C2CC2)CC1. The van der Waals surface area contributed by atoms with Crippen LogP contribution in [0, 0.1) is 5.92 Å². The molecule has 0 N–H and O–H groups in total. The van der Waals surface area contributed by atoms with Crippen molar-refractivity contribution < 1.29 is 19.1 Å². The number of fused-ring (bicyclic) bond motifs is 1. The zero-order valence-corrected chi connectivity index (χ0v) is 22.1. The molecule has 3 heterocycles. The van der Waals surface area contributed by atoms with Gasteiger partial charge in [-0.15, -0.1) is 0 Å². The van der Waals surface area contributed by atoms with E-state index in [0.717, 1.165) is 83.4 Å². The van der Waals surface area contributed by atoms with Crippen molar-refractivity contribution in [1.82, 2.24) is 14.7 Å². The second kappa shape index (κ2) is 10.1. The monoisotopic (exact) mass is 512 g/mol. The molecule has 3 fully saturated rings. The summed E-state index contributed by atoms with van der Waals surface area (Å²) < 4.78 is 5.10. The number of piperazine rings is 1. The second-order valence-corrected chi connectivity index (χ2v) is 11.3. The summed E-state index contributed by atoms with van der Waals surface area (Å²) in [6.07, 6.45) is 6.50. The van der Waals surface area contributed by atoms with Crippen molar-refractivity contribution in [3.63, 3.8) is 0 Å². The Kier molecular flexibility index (Phi) is 7.05. The summed E-state index contributed by atoms with van der Waals surface area (Å²) in [6.45, 7) is 9.61. The van der Waals surface area contributed by atoms with Gasteiger partial charge in [-0.2, -0.15) is 0 Å². The average Bonchev–Trinajstić information content (AvgIpc) is 3.63. The minimum Gasteiger partial charge on any atom is -0.457 e. The Bertz CT molecular complexity index is 1060. The van der Waals surface area contributed by atoms with Crippen LogP contribution in [0.25, 0.3) is 0 Å². The Morgan fingerprint density at radius 2 is 1.72 bits per heavy atom. The first-order chi connectivity index (χ1) is 17.3. The molecule has 0 radical (unpaired) electrons. The van der Waals surface area contributed by atoms with Gasteiger partial charge in [0.15, 0.2) is 5.11 Å². The highest BCUT2D eigenvalue weighted by Gasteiger charge is 2.49. The quantitative estimate of drug-likeness (QED) is 0.286. The highest BCUT2D eigenvalue weighted by atomic mass is 32.1. The number of anilines is 1. The minimum atomic E-state index is -0.708. The molecular weight excluding hydrogens is 476 g/mol. The van der Waals surface area contributed by atoms with Gasteiger partial charge < -0.3 is 14.5 Å². The van der Waals surface area contributed by atoms with Gasteiger partial charge in [0, 0.05) is 44.2 Å². The molecule has 9 heteroatoms. The first-order valence-electron chi connectivity index (χ1n) is 13.2. The summed E-state index contributed by atoms with van der Waals surface area (Å²) in [5.41, 5.74) is 1.33. The van der Waals surface area contributed by atoms with E-state index in [1.807, 2.05) is 24.8 Å². The molecule has 0 atom stereocenters. The number of benzene rings is 1. The number of cyclic esters (lactones) is 1. The average molecular weight is 513 g/mol. The lowest BCUT2D eigenvalue weighted by atomic mass is 10.0. The van der Waals surface area contributed by atoms with Crippen molar-refractivity contribution >= 4 is 40.8 Å². The van der Waals surface area contributed by atoms with Gasteiger partial charge in [0.1, 0.15) is 12.1 Å². The summed E-state index contributed by atoms with van der Waals surface area (Å²) in [7, 11) is 0. The van der Waals surface area contributed by atoms with E-state index < -0.39 is 5.54 Å². The van der Waals surface area contributed by atoms with E-state index in [1.165, 1.54) is 0 Å². The Morgan fingerprint density at radius 1 is 1.03 bits per heavy atom. The normalized spacial score (nSPS) is 21.8. The number of rotatable bonds is 9. The largest absolute Gasteiger partial charge is 0.457 e. The van der Waals surface area contributed by atoms with Gasteiger partial charge in [-0.3, -0.25) is 19.4 Å². The van der Waals surface area contributed by atoms with E-state index >= 15 is 0 Å². The van der Waals surface area contributed by atoms with E-state index in [2.05, 4.69) is 9.80 Å². The maximum Gasteiger partial charge on any atom is 0.338 e. The molecule has 2 amide bonds. The van der Waals surface area contributed by atoms with Gasteiger partial charge in [-0.05, 0) is 76.5 Å². The number of hydrogen-bond donors (Lipinski definition) is 0. The van der Waals surface area contributed by atoms with E-state index in [9.17, 15) is 14.4 Å². The summed E-state index contributed by atoms with van der Waals surface area (Å²) >= 11 is 5.75. The van der Waals surface area contributed by atoms with Crippen LogP contribution in [0.1, 0.15) is 68.3 Å². The molecular formula is C27H36N4O4S. The van der Waals surface area contributed by atoms with Crippen LogP contribution in [0.2, 0.25) is 0 Å². The fourth-order valence-electron chi connectivity index (χ4n) is 5.44. The van der Waals surface area contributed by atoms with Gasteiger partial charge in [-0.1, -0.05) is 12.8 Å². The zero-order valence-electron chi connectivity index (χ0n) is 21.3. The fourth-order valence-corrected chi connectivity index (χ4v) is 5.94. The first kappa shape index (κ1) is 25.1. The fraction of sp³-hybridized carbons (Fsp3) is 0.630. The maximum atomic E-state index is 13.3. The topological polar surface area (TPSA) is 73.4 Å². The third-order valence-corrected chi connectivity index (χ3v) is 8.37. The number of esters is 1. The van der Waals surface area contributed by atoms with Crippen LogP contribution in [0.15, 0.2) is 18.2 Å². The molecule has 1 aliphatic carbocycles. The predicted octanol–water partition coefficient (Wildman–Crippen LogP) is 3.18. The molecule has 36 heavy (non-hydrogen) atoms. The number of ether oxygens (including phenoxy) is 1. The lowest BCUT2D eigenvalue weighted by Crippen LogP contribution is -2.49. The van der Waals surface area contributed by atoms with Crippen molar-refractivity contribution in [2.45, 2.75) is 64.5 Å². The molecule has 0 unspecified atom stereocenters. The highest BCUT2D eigenvalue weighted by molar-refractivity contribution is 7.80. The Balaban J connectivity index is 1.06. The molecule has 0 aromatic heterocycles. The Labute approximate surface area is 218 Å². The van der Waals surface area contributed by atoms with Crippen LogP contribution in [0.4, 0.5) is 5.69 Å². The van der Waals surface area contributed by atoms with E-state index in [1.54, 1.807) is 17.0 Å². The van der Waals surface area contributed by atoms with E-state index in [0.29, 0.717) is 28.2 Å². The summed E-state index contributed by atoms with van der Waals surface area (Å²) in [6, 6.07) is 5.33. The van der Waals surface area contributed by atoms with Crippen LogP contribution in [0.3, 0.4) is 0 Å². The standard InChI is InChI=1S/C27H36N4O4S/c1-27(2)25(34)31(21-9-10-22-20(17-21)18-35-24(22)33)26(36)30(27)12-6-4-3-5-11-28-13-15-29(16-14-28)23(32)19-7-8-19/h9-10,17,19H,3-8,11-16,18H2,1-2H3. The molecule has 2 saturated heterocycles. The second-order valence-electron chi connectivity index (χ2n) is 10.9. The van der Waals surface area contributed by atoms with E-state index in [-0.39, 0.29) is 18.5 Å². The van der Waals surface area contributed by atoms with Gasteiger partial charge >= 0.3 is 5.97 Å². The number of thiocarbonyl (C=S) groups is 1. The molecule has 194 valence electrons. The number of unbranched alkanes of at least 4 members (excludes halogenated alkanes) is 3. The predicted molar refractivity (Wildman–Crippen MR) is 141 cm³/mol. The summed E-state index contributed by atoms with van der Waals surface area (Å²) in [5.74, 6) is 0.326. The first-order valence-corrected chi connectivity index (χ1v) is 13.7. The number of hydrogen-bond acceptors (Lipinski definition) is 6. The summed E-state index contributed by atoms with van der Waals surface area (Å²) in [4.78, 5) is 45.4. The molecule has 1 saturated carbocycles. The molecule has 5 rings (SSSR count). The molecule has 1 aromatic rings. The highest BCUT2D eigenvalue weighted by Crippen LogP contribution is 2.35. The lowest BCUT2D eigenvalue weighted by molar-refractivity contribution is -0.134. The number of nitrogens with zero attached hydrogens (tertiary/aromatic N) is 4.